The van der Waals surface area contributed by atoms with Crippen LogP contribution in [0.3, 0.4) is 0 Å². The van der Waals surface area contributed by atoms with E-state index in [-0.39, 0.29) is 11.9 Å². The van der Waals surface area contributed by atoms with Gasteiger partial charge in [-0.3, -0.25) is 4.79 Å². The average molecular weight is 291 g/mol. The van der Waals surface area contributed by atoms with Crippen molar-refractivity contribution >= 4 is 11.6 Å². The van der Waals surface area contributed by atoms with E-state index in [1.165, 1.54) is 0 Å². The number of carbonyl (C=O) groups excluding carboxylic acids is 1. The van der Waals surface area contributed by atoms with Crippen molar-refractivity contribution < 1.29 is 4.79 Å². The van der Waals surface area contributed by atoms with Crippen molar-refractivity contribution in [1.29, 1.82) is 0 Å². The minimum absolute atomic E-state index is 0.116. The van der Waals surface area contributed by atoms with Crippen LogP contribution in [0.1, 0.15) is 32.3 Å². The monoisotopic (exact) mass is 291 g/mol. The normalized spacial score (nSPS) is 12.7. The number of likely N-dealkylation sites (N-methyl/N-ethyl adjacent to an activating group) is 1. The van der Waals surface area contributed by atoms with Gasteiger partial charge in [-0.25, -0.2) is 0 Å². The third-order valence-corrected chi connectivity index (χ3v) is 3.30. The molecule has 0 radical (unpaired) electrons. The zero-order chi connectivity index (χ0) is 15.8. The number of carbonyl (C=O) groups is 1. The Morgan fingerprint density at radius 1 is 1.33 bits per heavy atom. The maximum atomic E-state index is 12.1. The number of benzene rings is 1. The van der Waals surface area contributed by atoms with E-state index >= 15 is 0 Å². The summed E-state index contributed by atoms with van der Waals surface area (Å²) in [5, 5.41) is 3.15. The Bertz CT molecular complexity index is 433. The Morgan fingerprint density at radius 3 is 2.62 bits per heavy atom. The summed E-state index contributed by atoms with van der Waals surface area (Å²) in [6.45, 7) is 5.24. The van der Waals surface area contributed by atoms with Gasteiger partial charge in [0.15, 0.2) is 0 Å². The third kappa shape index (κ3) is 7.71. The van der Waals surface area contributed by atoms with Crippen molar-refractivity contribution in [2.75, 3.05) is 26.4 Å². The Kier molecular flexibility index (Phi) is 7.23. The van der Waals surface area contributed by atoms with Crippen molar-refractivity contribution in [2.24, 2.45) is 5.92 Å². The van der Waals surface area contributed by atoms with Crippen LogP contribution in [-0.4, -0.2) is 37.5 Å². The summed E-state index contributed by atoms with van der Waals surface area (Å²) in [4.78, 5) is 14.2. The molecule has 1 atom stereocenters. The number of amides is 1. The van der Waals surface area contributed by atoms with E-state index in [4.69, 9.17) is 5.73 Å². The fourth-order valence-electron chi connectivity index (χ4n) is 2.50. The molecule has 0 fully saturated rings. The first-order chi connectivity index (χ1) is 9.86. The molecule has 0 spiro atoms. The van der Waals surface area contributed by atoms with Crippen LogP contribution in [0.2, 0.25) is 0 Å². The summed E-state index contributed by atoms with van der Waals surface area (Å²) in [7, 11) is 4.07. The van der Waals surface area contributed by atoms with Gasteiger partial charge in [0.05, 0.1) is 0 Å². The highest BCUT2D eigenvalue weighted by atomic mass is 16.1. The molecular weight excluding hydrogens is 262 g/mol. The molecule has 0 aromatic heterocycles. The summed E-state index contributed by atoms with van der Waals surface area (Å²) < 4.78 is 0. The standard InChI is InChI=1S/C17H29N3O/c1-13(2)10-16(12-20(3)4)19-17(21)9-8-14-6-5-7-15(18)11-14/h5-7,11,13,16H,8-10,12,18H2,1-4H3,(H,19,21). The molecule has 1 unspecified atom stereocenters. The molecule has 21 heavy (non-hydrogen) atoms. The summed E-state index contributed by atoms with van der Waals surface area (Å²) >= 11 is 0. The highest BCUT2D eigenvalue weighted by Crippen LogP contribution is 2.10. The van der Waals surface area contributed by atoms with E-state index in [0.29, 0.717) is 12.3 Å². The van der Waals surface area contributed by atoms with Gasteiger partial charge in [0.1, 0.15) is 0 Å². The van der Waals surface area contributed by atoms with Gasteiger partial charge >= 0.3 is 0 Å². The average Bonchev–Trinajstić information content (AvgIpc) is 2.34. The molecule has 1 aromatic carbocycles. The molecule has 0 saturated carbocycles. The molecule has 1 rings (SSSR count). The molecule has 1 aromatic rings. The number of nitrogens with one attached hydrogen (secondary N) is 1. The summed E-state index contributed by atoms with van der Waals surface area (Å²) in [5.74, 6) is 0.689. The number of anilines is 1. The number of nitrogens with two attached hydrogens (primary N) is 1. The fraction of sp³-hybridized carbons (Fsp3) is 0.588. The molecule has 0 saturated heterocycles. The van der Waals surface area contributed by atoms with Crippen LogP contribution in [-0.2, 0) is 11.2 Å². The Morgan fingerprint density at radius 2 is 2.05 bits per heavy atom. The zero-order valence-electron chi connectivity index (χ0n) is 13.7. The van der Waals surface area contributed by atoms with E-state index in [9.17, 15) is 4.79 Å². The van der Waals surface area contributed by atoms with Crippen LogP contribution in [0.25, 0.3) is 0 Å². The molecular formula is C17H29N3O. The number of hydrogen-bond donors (Lipinski definition) is 2. The zero-order valence-corrected chi connectivity index (χ0v) is 13.7. The molecule has 118 valence electrons. The molecule has 0 heterocycles. The predicted octanol–water partition coefficient (Wildman–Crippen LogP) is 2.29. The lowest BCUT2D eigenvalue weighted by Crippen LogP contribution is -2.42. The second kappa shape index (κ2) is 8.67. The van der Waals surface area contributed by atoms with Gasteiger partial charge in [0.25, 0.3) is 0 Å². The molecule has 4 nitrogen and oxygen atoms in total. The third-order valence-electron chi connectivity index (χ3n) is 3.30. The maximum Gasteiger partial charge on any atom is 0.220 e. The second-order valence-electron chi connectivity index (χ2n) is 6.40. The van der Waals surface area contributed by atoms with Gasteiger partial charge in [-0.2, -0.15) is 0 Å². The van der Waals surface area contributed by atoms with Crippen LogP contribution in [0.4, 0.5) is 5.69 Å². The SMILES string of the molecule is CC(C)CC(CN(C)C)NC(=O)CCc1cccc(N)c1. The Hall–Kier alpha value is -1.55. The summed E-state index contributed by atoms with van der Waals surface area (Å²) in [6.07, 6.45) is 2.24. The number of nitrogens with zero attached hydrogens (tertiary/aromatic N) is 1. The number of nitrogen functional groups attached to an aromatic ring is 1. The lowest BCUT2D eigenvalue weighted by Gasteiger charge is -2.24. The largest absolute Gasteiger partial charge is 0.399 e. The quantitative estimate of drug-likeness (QED) is 0.723. The van der Waals surface area contributed by atoms with Gasteiger partial charge in [-0.1, -0.05) is 26.0 Å². The molecule has 4 heteroatoms. The molecule has 0 bridgehead atoms. The second-order valence-corrected chi connectivity index (χ2v) is 6.40. The van der Waals surface area contributed by atoms with E-state index in [1.54, 1.807) is 0 Å². The summed E-state index contributed by atoms with van der Waals surface area (Å²) in [6, 6.07) is 7.94. The maximum absolute atomic E-state index is 12.1. The number of aryl methyl sites for hydroxylation is 1. The molecule has 3 N–H and O–H groups in total. The van der Waals surface area contributed by atoms with Gasteiger partial charge in [0, 0.05) is 24.7 Å². The van der Waals surface area contributed by atoms with Crippen LogP contribution >= 0.6 is 0 Å². The van der Waals surface area contributed by atoms with Crippen LogP contribution < -0.4 is 11.1 Å². The van der Waals surface area contributed by atoms with Crippen molar-refractivity contribution in [1.82, 2.24) is 10.2 Å². The van der Waals surface area contributed by atoms with Crippen LogP contribution in [0.5, 0.6) is 0 Å². The Balaban J connectivity index is 2.45. The van der Waals surface area contributed by atoms with E-state index in [1.807, 2.05) is 38.4 Å². The molecule has 1 amide bonds. The topological polar surface area (TPSA) is 58.4 Å². The van der Waals surface area contributed by atoms with Crippen LogP contribution in [0, 0.1) is 5.92 Å². The minimum Gasteiger partial charge on any atom is -0.399 e. The van der Waals surface area contributed by atoms with E-state index in [0.717, 1.165) is 30.6 Å². The first-order valence-electron chi connectivity index (χ1n) is 7.65. The van der Waals surface area contributed by atoms with E-state index < -0.39 is 0 Å². The molecule has 0 aliphatic carbocycles. The minimum atomic E-state index is 0.116. The smallest absolute Gasteiger partial charge is 0.220 e. The number of rotatable bonds is 8. The van der Waals surface area contributed by atoms with Gasteiger partial charge in [-0.15, -0.1) is 0 Å². The fourth-order valence-corrected chi connectivity index (χ4v) is 2.50. The van der Waals surface area contributed by atoms with Crippen molar-refractivity contribution in [3.63, 3.8) is 0 Å². The van der Waals surface area contributed by atoms with Crippen molar-refractivity contribution in [3.8, 4) is 0 Å². The van der Waals surface area contributed by atoms with Gasteiger partial charge in [-0.05, 0) is 50.6 Å². The predicted molar refractivity (Wildman–Crippen MR) is 89.1 cm³/mol. The van der Waals surface area contributed by atoms with Crippen molar-refractivity contribution in [3.05, 3.63) is 29.8 Å². The highest BCUT2D eigenvalue weighted by molar-refractivity contribution is 5.76. The lowest BCUT2D eigenvalue weighted by molar-refractivity contribution is -0.121. The Labute approximate surface area is 128 Å². The first-order valence-corrected chi connectivity index (χ1v) is 7.65. The molecule has 0 aliphatic heterocycles. The summed E-state index contributed by atoms with van der Waals surface area (Å²) in [5.41, 5.74) is 7.61. The van der Waals surface area contributed by atoms with Crippen molar-refractivity contribution in [2.45, 2.75) is 39.2 Å². The van der Waals surface area contributed by atoms with Gasteiger partial charge in [0.2, 0.25) is 5.91 Å². The lowest BCUT2D eigenvalue weighted by atomic mass is 10.0. The van der Waals surface area contributed by atoms with E-state index in [2.05, 4.69) is 24.1 Å². The number of hydrogen-bond acceptors (Lipinski definition) is 3. The van der Waals surface area contributed by atoms with Gasteiger partial charge < -0.3 is 16.0 Å². The first kappa shape index (κ1) is 17.5. The molecule has 0 aliphatic rings. The highest BCUT2D eigenvalue weighted by Gasteiger charge is 2.14. The van der Waals surface area contributed by atoms with Crippen LogP contribution in [0.15, 0.2) is 24.3 Å².